The van der Waals surface area contributed by atoms with Gasteiger partial charge in [0.15, 0.2) is 0 Å². The maximum atomic E-state index is 12.7. The Labute approximate surface area is 115 Å². The number of hydrogen-bond acceptors (Lipinski definition) is 3. The van der Waals surface area contributed by atoms with E-state index in [2.05, 4.69) is 0 Å². The molecule has 1 aromatic rings. The number of nitrogens with two attached hydrogens (primary N) is 1. The van der Waals surface area contributed by atoms with Crippen molar-refractivity contribution in [2.45, 2.75) is 56.6 Å². The van der Waals surface area contributed by atoms with Crippen LogP contribution in [0.5, 0.6) is 0 Å². The molecule has 1 saturated heterocycles. The fourth-order valence-corrected chi connectivity index (χ4v) is 4.73. The summed E-state index contributed by atoms with van der Waals surface area (Å²) in [6.45, 7) is 4.46. The second kappa shape index (κ2) is 5.61. The van der Waals surface area contributed by atoms with Gasteiger partial charge < -0.3 is 5.73 Å². The van der Waals surface area contributed by atoms with Gasteiger partial charge in [-0.2, -0.15) is 4.31 Å². The quantitative estimate of drug-likeness (QED) is 0.920. The Morgan fingerprint density at radius 1 is 1.26 bits per heavy atom. The first-order valence-electron chi connectivity index (χ1n) is 6.83. The molecule has 1 fully saturated rings. The lowest BCUT2D eigenvalue weighted by Gasteiger charge is -2.27. The highest BCUT2D eigenvalue weighted by atomic mass is 32.2. The van der Waals surface area contributed by atoms with Crippen LogP contribution in [0.25, 0.3) is 0 Å². The summed E-state index contributed by atoms with van der Waals surface area (Å²) in [5, 5.41) is 0. The van der Waals surface area contributed by atoms with Gasteiger partial charge in [-0.25, -0.2) is 8.42 Å². The van der Waals surface area contributed by atoms with Crippen molar-refractivity contribution in [3.63, 3.8) is 0 Å². The van der Waals surface area contributed by atoms with Crippen molar-refractivity contribution in [2.75, 3.05) is 0 Å². The Kier molecular flexibility index (Phi) is 4.28. The lowest BCUT2D eigenvalue weighted by atomic mass is 10.2. The zero-order valence-electron chi connectivity index (χ0n) is 11.5. The highest BCUT2D eigenvalue weighted by Crippen LogP contribution is 2.32. The lowest BCUT2D eigenvalue weighted by Crippen LogP contribution is -2.39. The summed E-state index contributed by atoms with van der Waals surface area (Å²) in [6.07, 6.45) is 2.76. The number of benzene rings is 1. The Balaban J connectivity index is 2.35. The summed E-state index contributed by atoms with van der Waals surface area (Å²) in [7, 11) is -3.38. The molecule has 0 saturated carbocycles. The third-order valence-corrected chi connectivity index (χ3v) is 6.00. The van der Waals surface area contributed by atoms with E-state index in [1.54, 1.807) is 28.6 Å². The molecule has 1 heterocycles. The van der Waals surface area contributed by atoms with Crippen molar-refractivity contribution in [2.24, 2.45) is 5.73 Å². The van der Waals surface area contributed by atoms with Crippen molar-refractivity contribution >= 4 is 10.0 Å². The molecule has 0 bridgehead atoms. The molecule has 0 radical (unpaired) electrons. The van der Waals surface area contributed by atoms with Gasteiger partial charge in [0.05, 0.1) is 4.90 Å². The zero-order valence-corrected chi connectivity index (χ0v) is 12.4. The fourth-order valence-electron chi connectivity index (χ4n) is 2.78. The summed E-state index contributed by atoms with van der Waals surface area (Å²) < 4.78 is 27.1. The predicted octanol–water partition coefficient (Wildman–Crippen LogP) is 2.10. The van der Waals surface area contributed by atoms with E-state index in [0.29, 0.717) is 11.4 Å². The van der Waals surface area contributed by atoms with Crippen LogP contribution < -0.4 is 5.73 Å². The Hall–Kier alpha value is -0.910. The average Bonchev–Trinajstić information content (AvgIpc) is 2.80. The molecule has 1 aliphatic heterocycles. The molecule has 0 spiro atoms. The predicted molar refractivity (Wildman–Crippen MR) is 76.1 cm³/mol. The third-order valence-electron chi connectivity index (χ3n) is 3.92. The van der Waals surface area contributed by atoms with Gasteiger partial charge in [0, 0.05) is 18.6 Å². The van der Waals surface area contributed by atoms with Crippen molar-refractivity contribution < 1.29 is 8.42 Å². The maximum absolute atomic E-state index is 12.7. The smallest absolute Gasteiger partial charge is 0.243 e. The molecular formula is C14H22N2O2S. The van der Waals surface area contributed by atoms with E-state index in [4.69, 9.17) is 5.73 Å². The average molecular weight is 282 g/mol. The first-order chi connectivity index (χ1) is 9.00. The summed E-state index contributed by atoms with van der Waals surface area (Å²) in [4.78, 5) is 0.372. The van der Waals surface area contributed by atoms with Crippen LogP contribution in [0, 0.1) is 0 Å². The normalized spacial score (nSPS) is 24.8. The van der Waals surface area contributed by atoms with Gasteiger partial charge in [0.25, 0.3) is 0 Å². The van der Waals surface area contributed by atoms with Gasteiger partial charge in [-0.15, -0.1) is 0 Å². The van der Waals surface area contributed by atoms with Crippen LogP contribution >= 0.6 is 0 Å². The molecule has 19 heavy (non-hydrogen) atoms. The van der Waals surface area contributed by atoms with Crippen molar-refractivity contribution in [3.8, 4) is 0 Å². The van der Waals surface area contributed by atoms with Crippen molar-refractivity contribution in [1.82, 2.24) is 4.31 Å². The van der Waals surface area contributed by atoms with Gasteiger partial charge in [0.1, 0.15) is 0 Å². The van der Waals surface area contributed by atoms with Crippen LogP contribution in [0.1, 0.15) is 38.7 Å². The van der Waals surface area contributed by atoms with E-state index in [9.17, 15) is 8.42 Å². The van der Waals surface area contributed by atoms with E-state index in [0.717, 1.165) is 24.8 Å². The number of hydrogen-bond donors (Lipinski definition) is 1. The molecule has 0 aromatic heterocycles. The third kappa shape index (κ3) is 2.68. The number of nitrogens with zero attached hydrogens (tertiary/aromatic N) is 1. The lowest BCUT2D eigenvalue weighted by molar-refractivity contribution is 0.328. The number of rotatable bonds is 4. The minimum atomic E-state index is -3.38. The van der Waals surface area contributed by atoms with Crippen LogP contribution in [-0.4, -0.2) is 24.8 Å². The van der Waals surface area contributed by atoms with Gasteiger partial charge in [-0.3, -0.25) is 0 Å². The van der Waals surface area contributed by atoms with Gasteiger partial charge >= 0.3 is 0 Å². The summed E-state index contributed by atoms with van der Waals surface area (Å²) in [6, 6.07) is 7.12. The van der Waals surface area contributed by atoms with Crippen molar-refractivity contribution in [1.29, 1.82) is 0 Å². The molecule has 0 aliphatic carbocycles. The molecule has 2 rings (SSSR count). The molecule has 2 N–H and O–H groups in total. The molecule has 2 unspecified atom stereocenters. The van der Waals surface area contributed by atoms with Gasteiger partial charge in [-0.05, 0) is 43.9 Å². The second-order valence-corrected chi connectivity index (χ2v) is 7.01. The largest absolute Gasteiger partial charge is 0.326 e. The molecule has 0 amide bonds. The molecule has 1 aromatic carbocycles. The van der Waals surface area contributed by atoms with Crippen LogP contribution in [-0.2, 0) is 16.6 Å². The van der Waals surface area contributed by atoms with E-state index < -0.39 is 10.0 Å². The van der Waals surface area contributed by atoms with Gasteiger partial charge in [0.2, 0.25) is 10.0 Å². The Bertz CT molecular complexity index is 525. The fraction of sp³-hybridized carbons (Fsp3) is 0.571. The highest BCUT2D eigenvalue weighted by Gasteiger charge is 2.38. The SMILES string of the molecule is CCC1CCC(C)N1S(=O)(=O)c1ccc(CN)cc1. The molecule has 2 atom stereocenters. The summed E-state index contributed by atoms with van der Waals surface area (Å²) in [5.74, 6) is 0. The van der Waals surface area contributed by atoms with Crippen LogP contribution in [0.15, 0.2) is 29.2 Å². The Morgan fingerprint density at radius 3 is 2.42 bits per heavy atom. The topological polar surface area (TPSA) is 63.4 Å². The highest BCUT2D eigenvalue weighted by molar-refractivity contribution is 7.89. The summed E-state index contributed by atoms with van der Waals surface area (Å²) >= 11 is 0. The second-order valence-electron chi connectivity index (χ2n) is 5.17. The Morgan fingerprint density at radius 2 is 1.89 bits per heavy atom. The van der Waals surface area contributed by atoms with Crippen LogP contribution in [0.3, 0.4) is 0 Å². The van der Waals surface area contributed by atoms with Crippen LogP contribution in [0.2, 0.25) is 0 Å². The molecule has 5 heteroatoms. The van der Waals surface area contributed by atoms with Crippen LogP contribution in [0.4, 0.5) is 0 Å². The monoisotopic (exact) mass is 282 g/mol. The van der Waals surface area contributed by atoms with Crippen molar-refractivity contribution in [3.05, 3.63) is 29.8 Å². The summed E-state index contributed by atoms with van der Waals surface area (Å²) in [5.41, 5.74) is 6.48. The first-order valence-corrected chi connectivity index (χ1v) is 8.27. The standard InChI is InChI=1S/C14H22N2O2S/c1-3-13-7-4-11(2)16(13)19(17,18)14-8-5-12(10-15)6-9-14/h5-6,8-9,11,13H,3-4,7,10,15H2,1-2H3. The van der Waals surface area contributed by atoms with E-state index in [1.165, 1.54) is 0 Å². The molecule has 1 aliphatic rings. The minimum absolute atomic E-state index is 0.0872. The minimum Gasteiger partial charge on any atom is -0.326 e. The van der Waals surface area contributed by atoms with Gasteiger partial charge in [-0.1, -0.05) is 19.1 Å². The van der Waals surface area contributed by atoms with E-state index in [1.807, 2.05) is 13.8 Å². The maximum Gasteiger partial charge on any atom is 0.243 e. The molecule has 4 nitrogen and oxygen atoms in total. The molecular weight excluding hydrogens is 260 g/mol. The zero-order chi connectivity index (χ0) is 14.0. The first kappa shape index (κ1) is 14.5. The molecule has 106 valence electrons. The van der Waals surface area contributed by atoms with E-state index in [-0.39, 0.29) is 12.1 Å². The van der Waals surface area contributed by atoms with E-state index >= 15 is 0 Å². The number of sulfonamides is 1.